The van der Waals surface area contributed by atoms with Crippen LogP contribution < -0.4 is 0 Å². The molecule has 0 N–H and O–H groups in total. The topological polar surface area (TPSA) is 0 Å². The Balaban J connectivity index is 0. The molecule has 0 fully saturated rings. The van der Waals surface area contributed by atoms with Crippen molar-refractivity contribution in [2.45, 2.75) is 19.6 Å². The van der Waals surface area contributed by atoms with Gasteiger partial charge in [-0.2, -0.15) is 18.2 Å². The predicted octanol–water partition coefficient (Wildman–Crippen LogP) is 2.77. The van der Waals surface area contributed by atoms with Crippen LogP contribution in [0, 0.1) is 0 Å². The Bertz CT molecular complexity index is 92.8. The first-order valence-corrected chi connectivity index (χ1v) is 6.17. The van der Waals surface area contributed by atoms with Crippen LogP contribution in [0.4, 0.5) is 0 Å². The standard InChI is InChI=1S/C5H5.C3H9Si.Hf/c1-2-4-5-3-1;1-4(2)3;/h1-5H;1-3H3;/q-1;;. The Morgan fingerprint density at radius 2 is 1.30 bits per heavy atom. The molecule has 0 spiro atoms. The van der Waals surface area contributed by atoms with Crippen LogP contribution in [0.15, 0.2) is 30.3 Å². The van der Waals surface area contributed by atoms with Crippen LogP contribution in [0.3, 0.4) is 0 Å². The third-order valence-electron chi connectivity index (χ3n) is 0.556. The van der Waals surface area contributed by atoms with E-state index in [1.165, 1.54) is 0 Å². The smallest absolute Gasteiger partial charge is 0.0379 e. The summed E-state index contributed by atoms with van der Waals surface area (Å²) in [4.78, 5) is 0. The van der Waals surface area contributed by atoms with Crippen LogP contribution in [0.1, 0.15) is 0 Å². The van der Waals surface area contributed by atoms with Crippen molar-refractivity contribution in [2.75, 3.05) is 0 Å². The molecule has 0 atom stereocenters. The average molecular weight is 317 g/mol. The summed E-state index contributed by atoms with van der Waals surface area (Å²) < 4.78 is 0. The van der Waals surface area contributed by atoms with Crippen molar-refractivity contribution in [3.05, 3.63) is 30.3 Å². The van der Waals surface area contributed by atoms with Crippen LogP contribution in [0.25, 0.3) is 0 Å². The molecule has 0 saturated heterocycles. The molecule has 0 aromatic heterocycles. The zero-order valence-electron chi connectivity index (χ0n) is 6.89. The van der Waals surface area contributed by atoms with Gasteiger partial charge in [0.15, 0.2) is 0 Å². The first kappa shape index (κ1) is 13.1. The third-order valence-corrected chi connectivity index (χ3v) is 0.556. The van der Waals surface area contributed by atoms with Gasteiger partial charge in [-0.3, -0.25) is 0 Å². The van der Waals surface area contributed by atoms with Crippen LogP contribution in [0.2, 0.25) is 19.6 Å². The van der Waals surface area contributed by atoms with E-state index >= 15 is 0 Å². The summed E-state index contributed by atoms with van der Waals surface area (Å²) in [6, 6.07) is 10.0. The summed E-state index contributed by atoms with van der Waals surface area (Å²) in [5.41, 5.74) is 0. The first-order chi connectivity index (χ1) is 4.23. The second-order valence-electron chi connectivity index (χ2n) is 2.46. The van der Waals surface area contributed by atoms with Crippen LogP contribution >= 0.6 is 0 Å². The SMILES string of the molecule is C[Si](C)C.[Hf].c1cc[cH-]c1. The van der Waals surface area contributed by atoms with Gasteiger partial charge in [-0.1, -0.05) is 19.6 Å². The predicted molar refractivity (Wildman–Crippen MR) is 45.4 cm³/mol. The van der Waals surface area contributed by atoms with Gasteiger partial charge >= 0.3 is 0 Å². The minimum absolute atomic E-state index is 0. The van der Waals surface area contributed by atoms with Gasteiger partial charge in [-0.25, -0.2) is 12.1 Å². The van der Waals surface area contributed by atoms with Gasteiger partial charge in [0, 0.05) is 34.6 Å². The molecule has 1 rings (SSSR count). The van der Waals surface area contributed by atoms with Gasteiger partial charge in [0.25, 0.3) is 0 Å². The molecule has 0 amide bonds. The molecule has 0 aliphatic carbocycles. The normalized spacial score (nSPS) is 7.60. The maximum Gasteiger partial charge on any atom is 0.0379 e. The fourth-order valence-electron chi connectivity index (χ4n) is 0.321. The summed E-state index contributed by atoms with van der Waals surface area (Å²) in [6.07, 6.45) is 0. The summed E-state index contributed by atoms with van der Waals surface area (Å²) in [6.45, 7) is 6.81. The zero-order valence-corrected chi connectivity index (χ0v) is 11.5. The summed E-state index contributed by atoms with van der Waals surface area (Å²) in [7, 11) is 0.120. The fourth-order valence-corrected chi connectivity index (χ4v) is 0.321. The van der Waals surface area contributed by atoms with E-state index in [0.29, 0.717) is 0 Å². The van der Waals surface area contributed by atoms with Crippen molar-refractivity contribution in [1.29, 1.82) is 0 Å². The van der Waals surface area contributed by atoms with Gasteiger partial charge in [-0.05, 0) is 0 Å². The molecule has 0 unspecified atom stereocenters. The molecular formula is C8H14HfSi-. The van der Waals surface area contributed by atoms with E-state index in [1.54, 1.807) is 0 Å². The first-order valence-electron chi connectivity index (χ1n) is 3.17. The molecule has 0 saturated carbocycles. The largest absolute Gasteiger partial charge is 0.214 e. The van der Waals surface area contributed by atoms with Crippen LogP contribution in [0.5, 0.6) is 0 Å². The molecular weight excluding hydrogens is 303 g/mol. The second kappa shape index (κ2) is 9.44. The van der Waals surface area contributed by atoms with Crippen molar-refractivity contribution in [2.24, 2.45) is 0 Å². The van der Waals surface area contributed by atoms with Crippen molar-refractivity contribution in [3.63, 3.8) is 0 Å². The molecule has 10 heavy (non-hydrogen) atoms. The molecule has 1 aromatic carbocycles. The number of rotatable bonds is 0. The summed E-state index contributed by atoms with van der Waals surface area (Å²) >= 11 is 0. The van der Waals surface area contributed by atoms with Crippen molar-refractivity contribution < 1.29 is 25.8 Å². The Morgan fingerprint density at radius 1 is 1.00 bits per heavy atom. The zero-order chi connectivity index (χ0) is 7.11. The van der Waals surface area contributed by atoms with E-state index in [2.05, 4.69) is 19.6 Å². The van der Waals surface area contributed by atoms with E-state index in [9.17, 15) is 0 Å². The second-order valence-corrected chi connectivity index (χ2v) is 5.46. The molecule has 1 aromatic rings. The average Bonchev–Trinajstić information content (AvgIpc) is 2.11. The van der Waals surface area contributed by atoms with E-state index < -0.39 is 0 Å². The quantitative estimate of drug-likeness (QED) is 0.510. The van der Waals surface area contributed by atoms with Crippen molar-refractivity contribution in [3.8, 4) is 0 Å². The molecule has 2 heteroatoms. The van der Waals surface area contributed by atoms with Gasteiger partial charge in [0.1, 0.15) is 0 Å². The van der Waals surface area contributed by atoms with Gasteiger partial charge in [-0.15, -0.1) is 0 Å². The molecule has 1 radical (unpaired) electrons. The number of hydrogen-bond donors (Lipinski definition) is 0. The monoisotopic (exact) mass is 318 g/mol. The van der Waals surface area contributed by atoms with E-state index in [0.717, 1.165) is 0 Å². The van der Waals surface area contributed by atoms with Gasteiger partial charge < -0.3 is 0 Å². The molecule has 0 heterocycles. The Hall–Kier alpha value is 0.437. The van der Waals surface area contributed by atoms with E-state index in [4.69, 9.17) is 0 Å². The molecule has 0 aliphatic heterocycles. The summed E-state index contributed by atoms with van der Waals surface area (Å²) in [5, 5.41) is 0. The molecule has 55 valence electrons. The van der Waals surface area contributed by atoms with Crippen molar-refractivity contribution in [1.82, 2.24) is 0 Å². The maximum absolute atomic E-state index is 2.27. The molecule has 0 nitrogen and oxygen atoms in total. The molecule has 0 aliphatic rings. The molecule has 0 bridgehead atoms. The van der Waals surface area contributed by atoms with Gasteiger partial charge in [0.2, 0.25) is 0 Å². The van der Waals surface area contributed by atoms with Gasteiger partial charge in [0.05, 0.1) is 0 Å². The Kier molecular flexibility index (Phi) is 12.3. The van der Waals surface area contributed by atoms with Crippen LogP contribution in [-0.2, 0) is 25.8 Å². The number of hydrogen-bond acceptors (Lipinski definition) is 0. The van der Waals surface area contributed by atoms with E-state index in [-0.39, 0.29) is 34.6 Å². The third kappa shape index (κ3) is 15.8. The van der Waals surface area contributed by atoms with Crippen molar-refractivity contribution >= 4 is 8.80 Å². The maximum atomic E-state index is 2.27. The fraction of sp³-hybridized carbons (Fsp3) is 0.375. The van der Waals surface area contributed by atoms with E-state index in [1.807, 2.05) is 30.3 Å². The Morgan fingerprint density at radius 3 is 1.40 bits per heavy atom. The summed E-state index contributed by atoms with van der Waals surface area (Å²) in [5.74, 6) is 0. The van der Waals surface area contributed by atoms with Crippen LogP contribution in [-0.4, -0.2) is 8.80 Å². The Labute approximate surface area is 84.4 Å². The minimum Gasteiger partial charge on any atom is -0.214 e. The minimum atomic E-state index is 0.